The Bertz CT molecular complexity index is 978. The van der Waals surface area contributed by atoms with Gasteiger partial charge < -0.3 is 10.1 Å². The van der Waals surface area contributed by atoms with E-state index in [0.29, 0.717) is 24.9 Å². The van der Waals surface area contributed by atoms with Crippen LogP contribution in [0.4, 0.5) is 16.4 Å². The molecule has 0 radical (unpaired) electrons. The normalized spacial score (nSPS) is 18.1. The van der Waals surface area contributed by atoms with Crippen LogP contribution in [0.15, 0.2) is 35.5 Å². The molecule has 0 spiro atoms. The van der Waals surface area contributed by atoms with Crippen LogP contribution in [0.2, 0.25) is 0 Å². The average molecular weight is 383 g/mol. The fourth-order valence-corrected chi connectivity index (χ4v) is 3.61. The lowest BCUT2D eigenvalue weighted by atomic mass is 10.2. The molecule has 3 heterocycles. The summed E-state index contributed by atoms with van der Waals surface area (Å²) in [6.45, 7) is 3.35. The number of fused-ring (bicyclic) bond motifs is 3. The van der Waals surface area contributed by atoms with Gasteiger partial charge in [0.05, 0.1) is 13.7 Å². The molecule has 1 aromatic carbocycles. The second-order valence-corrected chi connectivity index (χ2v) is 6.90. The van der Waals surface area contributed by atoms with E-state index in [1.165, 1.54) is 11.9 Å². The first-order valence-electron chi connectivity index (χ1n) is 9.05. The van der Waals surface area contributed by atoms with Gasteiger partial charge in [-0.05, 0) is 31.2 Å². The molecule has 0 bridgehead atoms. The van der Waals surface area contributed by atoms with Gasteiger partial charge in [0.1, 0.15) is 17.6 Å². The number of aliphatic imine (C=N–C) groups is 1. The lowest BCUT2D eigenvalue weighted by molar-refractivity contribution is -0.677. The molecular formula is C19H23N6O3+. The van der Waals surface area contributed by atoms with Crippen molar-refractivity contribution >= 4 is 29.4 Å². The molecule has 0 saturated carbocycles. The predicted molar refractivity (Wildman–Crippen MR) is 103 cm³/mol. The van der Waals surface area contributed by atoms with Gasteiger partial charge in [0, 0.05) is 26.3 Å². The van der Waals surface area contributed by atoms with Crippen molar-refractivity contribution in [2.45, 2.75) is 19.5 Å². The van der Waals surface area contributed by atoms with E-state index in [4.69, 9.17) is 4.74 Å². The minimum absolute atomic E-state index is 0.265. The van der Waals surface area contributed by atoms with Crippen LogP contribution in [0.3, 0.4) is 0 Å². The van der Waals surface area contributed by atoms with Crippen LogP contribution in [-0.4, -0.2) is 59.9 Å². The lowest BCUT2D eigenvalue weighted by Gasteiger charge is -2.30. The van der Waals surface area contributed by atoms with E-state index in [9.17, 15) is 9.59 Å². The van der Waals surface area contributed by atoms with E-state index >= 15 is 0 Å². The van der Waals surface area contributed by atoms with Crippen molar-refractivity contribution in [2.24, 2.45) is 4.99 Å². The number of amidine groups is 1. The van der Waals surface area contributed by atoms with Crippen molar-refractivity contribution in [1.82, 2.24) is 14.4 Å². The monoisotopic (exact) mass is 383 g/mol. The largest absolute Gasteiger partial charge is 0.497 e. The first-order valence-corrected chi connectivity index (χ1v) is 9.05. The molecule has 9 heteroatoms. The highest BCUT2D eigenvalue weighted by Crippen LogP contribution is 2.28. The van der Waals surface area contributed by atoms with Crippen molar-refractivity contribution < 1.29 is 18.9 Å². The zero-order valence-electron chi connectivity index (χ0n) is 16.3. The number of hydrogen-bond donors (Lipinski definition) is 1. The summed E-state index contributed by atoms with van der Waals surface area (Å²) in [4.78, 5) is 32.0. The molecule has 9 nitrogen and oxygen atoms in total. The minimum Gasteiger partial charge on any atom is -0.497 e. The predicted octanol–water partition coefficient (Wildman–Crippen LogP) is 1.31. The number of anilines is 1. The highest BCUT2D eigenvalue weighted by molar-refractivity contribution is 6.18. The molecule has 2 aliphatic rings. The molecule has 146 valence electrons. The first-order chi connectivity index (χ1) is 13.4. The molecule has 1 fully saturated rings. The number of methoxy groups -OCH3 is 1. The fourth-order valence-electron chi connectivity index (χ4n) is 3.61. The number of imide groups is 1. The Morgan fingerprint density at radius 1 is 1.18 bits per heavy atom. The van der Waals surface area contributed by atoms with Gasteiger partial charge in [-0.15, -0.1) is 0 Å². The van der Waals surface area contributed by atoms with E-state index in [0.717, 1.165) is 22.0 Å². The quantitative estimate of drug-likeness (QED) is 0.790. The standard InChI is InChI=1S/C19H23N6O3/c1-12-11-25-15-16(22(2)19(27)23(3)17(15)26)21-18(25)24(12)10-9-20-13-5-7-14(28-4)8-6-13/h5-8,11,15,20H,9-10H2,1-4H3/q+1. The summed E-state index contributed by atoms with van der Waals surface area (Å²) >= 11 is 0. The number of imidazole rings is 1. The van der Waals surface area contributed by atoms with Gasteiger partial charge in [-0.1, -0.05) is 4.99 Å². The highest BCUT2D eigenvalue weighted by Gasteiger charge is 2.52. The van der Waals surface area contributed by atoms with Gasteiger partial charge in [-0.3, -0.25) is 14.6 Å². The number of rotatable bonds is 5. The number of ether oxygens (including phenoxy) is 1. The SMILES string of the molecule is COc1ccc(NCCn2c(C)c[n+]3c2N=C2C3C(=O)N(C)C(=O)N2C)cc1. The number of hydrogen-bond acceptors (Lipinski definition) is 5. The number of benzene rings is 1. The summed E-state index contributed by atoms with van der Waals surface area (Å²) in [5.74, 6) is 1.70. The maximum atomic E-state index is 12.6. The summed E-state index contributed by atoms with van der Waals surface area (Å²) in [5.41, 5.74) is 2.00. The molecule has 1 saturated heterocycles. The fraction of sp³-hybridized carbons (Fsp3) is 0.368. The van der Waals surface area contributed by atoms with Crippen molar-refractivity contribution in [2.75, 3.05) is 33.1 Å². The first kappa shape index (κ1) is 18.0. The molecule has 3 amide bonds. The Hall–Kier alpha value is -3.36. The summed E-state index contributed by atoms with van der Waals surface area (Å²) in [6.07, 6.45) is 1.92. The molecule has 1 unspecified atom stereocenters. The Balaban J connectivity index is 1.54. The number of carbonyl (C=O) groups excluding carboxylic acids is 2. The third-order valence-electron chi connectivity index (χ3n) is 5.20. The van der Waals surface area contributed by atoms with Crippen molar-refractivity contribution in [3.8, 4) is 5.75 Å². The van der Waals surface area contributed by atoms with Crippen LogP contribution < -0.4 is 14.6 Å². The maximum Gasteiger partial charge on any atom is 0.401 e. The number of carbonyl (C=O) groups is 2. The zero-order valence-corrected chi connectivity index (χ0v) is 16.3. The number of amides is 3. The van der Waals surface area contributed by atoms with Gasteiger partial charge in [0.15, 0.2) is 0 Å². The average Bonchev–Trinajstić information content (AvgIpc) is 3.21. The van der Waals surface area contributed by atoms with E-state index in [1.807, 2.05) is 46.5 Å². The van der Waals surface area contributed by atoms with Gasteiger partial charge in [-0.25, -0.2) is 13.9 Å². The third kappa shape index (κ3) is 2.70. The Morgan fingerprint density at radius 3 is 2.57 bits per heavy atom. The van der Waals surface area contributed by atoms with E-state index in [-0.39, 0.29) is 11.9 Å². The Labute approximate surface area is 162 Å². The van der Waals surface area contributed by atoms with Gasteiger partial charge in [0.2, 0.25) is 11.9 Å². The molecule has 1 N–H and O–H groups in total. The number of likely N-dealkylation sites (N-methyl/N-ethyl adjacent to an activating group) is 2. The molecular weight excluding hydrogens is 360 g/mol. The number of aryl methyl sites for hydroxylation is 1. The second kappa shape index (κ2) is 6.66. The maximum absolute atomic E-state index is 12.6. The van der Waals surface area contributed by atoms with Gasteiger partial charge in [0.25, 0.3) is 5.91 Å². The number of nitrogens with zero attached hydrogens (tertiary/aromatic N) is 5. The Morgan fingerprint density at radius 2 is 1.89 bits per heavy atom. The van der Waals surface area contributed by atoms with Crippen LogP contribution >= 0.6 is 0 Å². The minimum atomic E-state index is -0.586. The molecule has 28 heavy (non-hydrogen) atoms. The van der Waals surface area contributed by atoms with Crippen molar-refractivity contribution in [1.29, 1.82) is 0 Å². The zero-order chi connectivity index (χ0) is 20.0. The number of aromatic nitrogens is 2. The smallest absolute Gasteiger partial charge is 0.401 e. The Kier molecular flexibility index (Phi) is 4.29. The number of nitrogens with one attached hydrogen (secondary N) is 1. The summed E-state index contributed by atoms with van der Waals surface area (Å²) < 4.78 is 9.07. The topological polar surface area (TPSA) is 83.0 Å². The van der Waals surface area contributed by atoms with Crippen LogP contribution in [0, 0.1) is 6.92 Å². The lowest BCUT2D eigenvalue weighted by Crippen LogP contribution is -2.61. The van der Waals surface area contributed by atoms with Gasteiger partial charge >= 0.3 is 12.0 Å². The molecule has 1 atom stereocenters. The molecule has 2 aromatic rings. The van der Waals surface area contributed by atoms with Crippen molar-refractivity contribution in [3.63, 3.8) is 0 Å². The molecule has 0 aliphatic carbocycles. The van der Waals surface area contributed by atoms with E-state index < -0.39 is 6.04 Å². The summed E-state index contributed by atoms with van der Waals surface area (Å²) in [6, 6.07) is 6.78. The van der Waals surface area contributed by atoms with Gasteiger partial charge in [-0.2, -0.15) is 0 Å². The second-order valence-electron chi connectivity index (χ2n) is 6.90. The van der Waals surface area contributed by atoms with E-state index in [2.05, 4.69) is 10.3 Å². The summed E-state index contributed by atoms with van der Waals surface area (Å²) in [5, 5.41) is 3.37. The van der Waals surface area contributed by atoms with Crippen molar-refractivity contribution in [3.05, 3.63) is 36.2 Å². The molecule has 4 rings (SSSR count). The number of urea groups is 1. The summed E-state index contributed by atoms with van der Waals surface area (Å²) in [7, 11) is 4.78. The van der Waals surface area contributed by atoms with Crippen LogP contribution in [0.25, 0.3) is 0 Å². The van der Waals surface area contributed by atoms with E-state index in [1.54, 1.807) is 14.2 Å². The molecule has 1 aromatic heterocycles. The third-order valence-corrected chi connectivity index (χ3v) is 5.20. The highest BCUT2D eigenvalue weighted by atomic mass is 16.5. The van der Waals surface area contributed by atoms with Crippen LogP contribution in [-0.2, 0) is 11.3 Å². The molecule has 2 aliphatic heterocycles. The van der Waals surface area contributed by atoms with Crippen LogP contribution in [0.1, 0.15) is 11.7 Å². The van der Waals surface area contributed by atoms with Crippen LogP contribution in [0.5, 0.6) is 5.75 Å².